The summed E-state index contributed by atoms with van der Waals surface area (Å²) in [6, 6.07) is 10.2. The predicted octanol–water partition coefficient (Wildman–Crippen LogP) is 2.59. The van der Waals surface area contributed by atoms with Crippen LogP contribution in [-0.2, 0) is 12.8 Å². The second-order valence-electron chi connectivity index (χ2n) is 6.94. The molecule has 0 amide bonds. The summed E-state index contributed by atoms with van der Waals surface area (Å²) in [5.74, 6) is 1.33. The second-order valence-corrected chi connectivity index (χ2v) is 8.15. The van der Waals surface area contributed by atoms with E-state index in [9.17, 15) is 10.2 Å². The smallest absolute Gasteiger partial charge is 0.230 e. The molecule has 0 aliphatic heterocycles. The highest BCUT2D eigenvalue weighted by atomic mass is 32.1. The number of aromatic nitrogens is 4. The number of thiophene rings is 1. The molecule has 3 heterocycles. The van der Waals surface area contributed by atoms with E-state index in [-0.39, 0.29) is 13.2 Å². The Morgan fingerprint density at radius 3 is 2.45 bits per heavy atom. The van der Waals surface area contributed by atoms with Gasteiger partial charge in [0.1, 0.15) is 4.83 Å². The molecular formula is C21H25N5O2S. The molecule has 4 aromatic rings. The molecule has 152 valence electrons. The number of rotatable bonds is 8. The SMILES string of the molecule is CCc1c(C)sc2nc(N(CCO)CCO)n3nc(Cc4ccccc4)nc3c12. The Labute approximate surface area is 173 Å². The lowest BCUT2D eigenvalue weighted by atomic mass is 10.1. The molecule has 0 spiro atoms. The topological polar surface area (TPSA) is 86.8 Å². The first-order valence-electron chi connectivity index (χ1n) is 9.84. The van der Waals surface area contributed by atoms with Crippen LogP contribution in [0.2, 0.25) is 0 Å². The number of hydrogen-bond donors (Lipinski definition) is 2. The van der Waals surface area contributed by atoms with Gasteiger partial charge in [0.2, 0.25) is 5.95 Å². The van der Waals surface area contributed by atoms with Crippen LogP contribution in [0.4, 0.5) is 5.95 Å². The van der Waals surface area contributed by atoms with E-state index in [1.54, 1.807) is 15.9 Å². The molecule has 0 saturated heterocycles. The Kier molecular flexibility index (Phi) is 5.75. The van der Waals surface area contributed by atoms with Crippen LogP contribution in [0.3, 0.4) is 0 Å². The van der Waals surface area contributed by atoms with Crippen molar-refractivity contribution in [3.63, 3.8) is 0 Å². The van der Waals surface area contributed by atoms with Crippen molar-refractivity contribution in [2.75, 3.05) is 31.2 Å². The van der Waals surface area contributed by atoms with Gasteiger partial charge in [-0.1, -0.05) is 37.3 Å². The predicted molar refractivity (Wildman–Crippen MR) is 116 cm³/mol. The van der Waals surface area contributed by atoms with E-state index in [0.717, 1.165) is 33.7 Å². The number of aliphatic hydroxyl groups excluding tert-OH is 2. The average Bonchev–Trinajstić information content (AvgIpc) is 3.27. The number of fused-ring (bicyclic) bond motifs is 3. The zero-order valence-corrected chi connectivity index (χ0v) is 17.5. The van der Waals surface area contributed by atoms with Gasteiger partial charge >= 0.3 is 0 Å². The zero-order valence-electron chi connectivity index (χ0n) is 16.7. The average molecular weight is 412 g/mol. The first kappa shape index (κ1) is 19.8. The standard InChI is InChI=1S/C21H25N5O2S/c1-3-16-14(2)29-20-18(16)19-22-17(13-15-7-5-4-6-8-15)24-26(19)21(23-20)25(9-11-27)10-12-28/h4-8,27-28H,3,9-13H2,1-2H3. The summed E-state index contributed by atoms with van der Waals surface area (Å²) < 4.78 is 1.78. The van der Waals surface area contributed by atoms with Gasteiger partial charge in [-0.2, -0.15) is 4.52 Å². The van der Waals surface area contributed by atoms with E-state index in [2.05, 4.69) is 26.0 Å². The van der Waals surface area contributed by atoms with Gasteiger partial charge in [-0.15, -0.1) is 16.4 Å². The maximum atomic E-state index is 9.50. The quantitative estimate of drug-likeness (QED) is 0.463. The van der Waals surface area contributed by atoms with E-state index in [1.807, 2.05) is 23.1 Å². The number of aryl methyl sites for hydroxylation is 2. The maximum Gasteiger partial charge on any atom is 0.230 e. The Balaban J connectivity index is 1.93. The van der Waals surface area contributed by atoms with E-state index in [0.29, 0.717) is 25.5 Å². The van der Waals surface area contributed by atoms with Crippen molar-refractivity contribution in [1.29, 1.82) is 0 Å². The molecule has 1 aromatic carbocycles. The highest BCUT2D eigenvalue weighted by Gasteiger charge is 2.22. The third kappa shape index (κ3) is 3.71. The largest absolute Gasteiger partial charge is 0.395 e. The van der Waals surface area contributed by atoms with Gasteiger partial charge in [-0.25, -0.2) is 9.97 Å². The third-order valence-corrected chi connectivity index (χ3v) is 6.08. The Morgan fingerprint density at radius 2 is 1.79 bits per heavy atom. The summed E-state index contributed by atoms with van der Waals surface area (Å²) in [6.45, 7) is 4.93. The Hall–Kier alpha value is -2.55. The molecule has 0 fully saturated rings. The maximum absolute atomic E-state index is 9.50. The number of nitrogens with zero attached hydrogens (tertiary/aromatic N) is 5. The van der Waals surface area contributed by atoms with E-state index in [1.165, 1.54) is 10.4 Å². The molecule has 7 nitrogen and oxygen atoms in total. The van der Waals surface area contributed by atoms with E-state index >= 15 is 0 Å². The fourth-order valence-electron chi connectivity index (χ4n) is 3.70. The van der Waals surface area contributed by atoms with Crippen LogP contribution < -0.4 is 4.90 Å². The van der Waals surface area contributed by atoms with E-state index in [4.69, 9.17) is 15.1 Å². The van der Waals surface area contributed by atoms with E-state index < -0.39 is 0 Å². The molecule has 4 rings (SSSR count). The van der Waals surface area contributed by atoms with Gasteiger partial charge in [0, 0.05) is 24.4 Å². The van der Waals surface area contributed by atoms with Crippen LogP contribution in [0.15, 0.2) is 30.3 Å². The minimum atomic E-state index is -0.0313. The lowest BCUT2D eigenvalue weighted by Crippen LogP contribution is -2.32. The van der Waals surface area contributed by atoms with Crippen LogP contribution in [-0.4, -0.2) is 56.1 Å². The molecule has 3 aromatic heterocycles. The number of benzene rings is 1. The van der Waals surface area contributed by atoms with Crippen LogP contribution in [0, 0.1) is 6.92 Å². The van der Waals surface area contributed by atoms with Crippen LogP contribution in [0.5, 0.6) is 0 Å². The van der Waals surface area contributed by atoms with Gasteiger partial charge in [0.15, 0.2) is 11.5 Å². The molecule has 0 radical (unpaired) electrons. The first-order chi connectivity index (χ1) is 14.2. The number of anilines is 1. The minimum Gasteiger partial charge on any atom is -0.395 e. The highest BCUT2D eigenvalue weighted by Crippen LogP contribution is 2.34. The second kappa shape index (κ2) is 8.44. The molecule has 0 aliphatic carbocycles. The van der Waals surface area contributed by atoms with Gasteiger partial charge in [0.25, 0.3) is 0 Å². The molecule has 0 saturated carbocycles. The molecule has 0 atom stereocenters. The summed E-state index contributed by atoms with van der Waals surface area (Å²) in [4.78, 5) is 13.8. The molecule has 2 N–H and O–H groups in total. The minimum absolute atomic E-state index is 0.0313. The molecule has 0 aliphatic rings. The monoisotopic (exact) mass is 411 g/mol. The fraction of sp³-hybridized carbons (Fsp3) is 0.381. The summed E-state index contributed by atoms with van der Waals surface area (Å²) in [5, 5.41) is 24.8. The molecule has 0 bridgehead atoms. The van der Waals surface area contributed by atoms with Crippen molar-refractivity contribution in [2.45, 2.75) is 26.7 Å². The Morgan fingerprint density at radius 1 is 1.07 bits per heavy atom. The molecule has 8 heteroatoms. The van der Waals surface area contributed by atoms with Crippen molar-refractivity contribution >= 4 is 33.1 Å². The molecule has 29 heavy (non-hydrogen) atoms. The fourth-order valence-corrected chi connectivity index (χ4v) is 4.81. The van der Waals surface area contributed by atoms with Crippen molar-refractivity contribution in [3.8, 4) is 0 Å². The highest BCUT2D eigenvalue weighted by molar-refractivity contribution is 7.18. The van der Waals surface area contributed by atoms with Crippen molar-refractivity contribution in [3.05, 3.63) is 52.2 Å². The van der Waals surface area contributed by atoms with Gasteiger partial charge in [-0.3, -0.25) is 0 Å². The Bertz CT molecular complexity index is 1120. The molecule has 0 unspecified atom stereocenters. The summed E-state index contributed by atoms with van der Waals surface area (Å²) in [5.41, 5.74) is 3.19. The summed E-state index contributed by atoms with van der Waals surface area (Å²) >= 11 is 1.66. The lowest BCUT2D eigenvalue weighted by Gasteiger charge is -2.21. The van der Waals surface area contributed by atoms with Crippen LogP contribution >= 0.6 is 11.3 Å². The summed E-state index contributed by atoms with van der Waals surface area (Å²) in [6.07, 6.45) is 1.54. The van der Waals surface area contributed by atoms with Crippen LogP contribution in [0.1, 0.15) is 28.8 Å². The third-order valence-electron chi connectivity index (χ3n) is 5.04. The lowest BCUT2D eigenvalue weighted by molar-refractivity contribution is 0.280. The normalized spacial score (nSPS) is 11.6. The number of hydrogen-bond acceptors (Lipinski definition) is 7. The van der Waals surface area contributed by atoms with Crippen molar-refractivity contribution in [1.82, 2.24) is 19.6 Å². The van der Waals surface area contributed by atoms with Crippen molar-refractivity contribution < 1.29 is 10.2 Å². The summed E-state index contributed by atoms with van der Waals surface area (Å²) in [7, 11) is 0. The van der Waals surface area contributed by atoms with Gasteiger partial charge in [-0.05, 0) is 24.5 Å². The van der Waals surface area contributed by atoms with Crippen LogP contribution in [0.25, 0.3) is 15.9 Å². The van der Waals surface area contributed by atoms with Gasteiger partial charge in [0.05, 0.1) is 18.6 Å². The zero-order chi connectivity index (χ0) is 20.4. The van der Waals surface area contributed by atoms with Gasteiger partial charge < -0.3 is 15.1 Å². The first-order valence-corrected chi connectivity index (χ1v) is 10.7. The number of aliphatic hydroxyl groups is 2. The van der Waals surface area contributed by atoms with Crippen molar-refractivity contribution in [2.24, 2.45) is 0 Å². The molecular weight excluding hydrogens is 386 g/mol.